The van der Waals surface area contributed by atoms with Gasteiger partial charge in [-0.25, -0.2) is 0 Å². The lowest BCUT2D eigenvalue weighted by molar-refractivity contribution is 0.296. The monoisotopic (exact) mass is 384 g/mol. The number of aromatic nitrogens is 1. The summed E-state index contributed by atoms with van der Waals surface area (Å²) in [5.74, 6) is 0.786. The molecule has 1 atom stereocenters. The van der Waals surface area contributed by atoms with E-state index in [9.17, 15) is 0 Å². The van der Waals surface area contributed by atoms with E-state index in [1.165, 1.54) is 0 Å². The first-order chi connectivity index (χ1) is 9.06. The summed E-state index contributed by atoms with van der Waals surface area (Å²) in [6, 6.07) is 9.66. The van der Waals surface area contributed by atoms with Crippen molar-refractivity contribution in [3.8, 4) is 5.75 Å². The molecule has 0 radical (unpaired) electrons. The lowest BCUT2D eigenvalue weighted by Gasteiger charge is -2.14. The molecular formula is C14H14Br2N2O. The van der Waals surface area contributed by atoms with E-state index in [-0.39, 0.29) is 6.04 Å². The van der Waals surface area contributed by atoms with Crippen LogP contribution < -0.4 is 10.5 Å². The highest BCUT2D eigenvalue weighted by molar-refractivity contribution is 9.10. The van der Waals surface area contributed by atoms with Crippen LogP contribution in [0.2, 0.25) is 0 Å². The van der Waals surface area contributed by atoms with Gasteiger partial charge < -0.3 is 10.5 Å². The Kier molecular flexibility index (Phi) is 4.96. The third-order valence-corrected chi connectivity index (χ3v) is 3.59. The number of nitrogens with two attached hydrogens (primary N) is 1. The fourth-order valence-corrected chi connectivity index (χ4v) is 2.23. The molecule has 0 fully saturated rings. The molecule has 0 bridgehead atoms. The molecule has 0 spiro atoms. The van der Waals surface area contributed by atoms with Gasteiger partial charge in [-0.05, 0) is 47.1 Å². The van der Waals surface area contributed by atoms with Crippen molar-refractivity contribution in [2.45, 2.75) is 19.6 Å². The first-order valence-electron chi connectivity index (χ1n) is 5.84. The maximum absolute atomic E-state index is 5.94. The van der Waals surface area contributed by atoms with E-state index in [1.54, 1.807) is 6.20 Å². The van der Waals surface area contributed by atoms with Crippen LogP contribution in [0, 0.1) is 0 Å². The summed E-state index contributed by atoms with van der Waals surface area (Å²) in [5, 5.41) is 0. The second-order valence-corrected chi connectivity index (χ2v) is 6.06. The van der Waals surface area contributed by atoms with Crippen LogP contribution in [0.25, 0.3) is 0 Å². The molecule has 1 heterocycles. The van der Waals surface area contributed by atoms with Crippen molar-refractivity contribution in [3.63, 3.8) is 0 Å². The molecule has 5 heteroatoms. The van der Waals surface area contributed by atoms with Gasteiger partial charge in [0.1, 0.15) is 12.4 Å². The van der Waals surface area contributed by atoms with Crippen LogP contribution in [0.5, 0.6) is 5.75 Å². The molecule has 0 aliphatic rings. The fourth-order valence-electron chi connectivity index (χ4n) is 1.65. The molecule has 3 nitrogen and oxygen atoms in total. The molecule has 100 valence electrons. The summed E-state index contributed by atoms with van der Waals surface area (Å²) in [7, 11) is 0. The number of ether oxygens (including phenoxy) is 1. The zero-order valence-corrected chi connectivity index (χ0v) is 13.6. The van der Waals surface area contributed by atoms with Crippen molar-refractivity contribution in [3.05, 3.63) is 56.7 Å². The SMILES string of the molecule is CC(N)c1ccc(Br)cc1OCc1ccc(Br)cn1. The van der Waals surface area contributed by atoms with E-state index in [1.807, 2.05) is 37.3 Å². The Morgan fingerprint density at radius 3 is 2.58 bits per heavy atom. The summed E-state index contributed by atoms with van der Waals surface area (Å²) in [4.78, 5) is 4.28. The average molecular weight is 386 g/mol. The van der Waals surface area contributed by atoms with E-state index in [0.717, 1.165) is 26.0 Å². The number of hydrogen-bond donors (Lipinski definition) is 1. The Balaban J connectivity index is 2.14. The molecule has 0 aliphatic carbocycles. The van der Waals surface area contributed by atoms with Crippen LogP contribution in [0.3, 0.4) is 0 Å². The molecule has 2 rings (SSSR count). The van der Waals surface area contributed by atoms with Crippen molar-refractivity contribution in [2.24, 2.45) is 5.73 Å². The van der Waals surface area contributed by atoms with Gasteiger partial charge in [-0.2, -0.15) is 0 Å². The topological polar surface area (TPSA) is 48.1 Å². The van der Waals surface area contributed by atoms with Crippen LogP contribution in [-0.4, -0.2) is 4.98 Å². The summed E-state index contributed by atoms with van der Waals surface area (Å²) >= 11 is 6.79. The van der Waals surface area contributed by atoms with Crippen LogP contribution in [0.1, 0.15) is 24.2 Å². The Bertz CT molecular complexity index is 556. The van der Waals surface area contributed by atoms with Gasteiger partial charge in [0.2, 0.25) is 0 Å². The van der Waals surface area contributed by atoms with Gasteiger partial charge in [-0.1, -0.05) is 22.0 Å². The zero-order chi connectivity index (χ0) is 13.8. The van der Waals surface area contributed by atoms with Crippen LogP contribution >= 0.6 is 31.9 Å². The van der Waals surface area contributed by atoms with Gasteiger partial charge in [0.25, 0.3) is 0 Å². The minimum absolute atomic E-state index is 0.0685. The summed E-state index contributed by atoms with van der Waals surface area (Å²) in [6.07, 6.45) is 1.76. The lowest BCUT2D eigenvalue weighted by atomic mass is 10.1. The largest absolute Gasteiger partial charge is 0.487 e. The Morgan fingerprint density at radius 1 is 1.21 bits per heavy atom. The normalized spacial score (nSPS) is 12.2. The molecule has 0 aliphatic heterocycles. The third-order valence-electron chi connectivity index (χ3n) is 2.63. The van der Waals surface area contributed by atoms with Gasteiger partial charge in [-0.3, -0.25) is 4.98 Å². The van der Waals surface area contributed by atoms with E-state index in [2.05, 4.69) is 36.8 Å². The lowest BCUT2D eigenvalue weighted by Crippen LogP contribution is -2.08. The molecule has 2 N–H and O–H groups in total. The highest BCUT2D eigenvalue weighted by Crippen LogP contribution is 2.28. The first-order valence-corrected chi connectivity index (χ1v) is 7.43. The number of hydrogen-bond acceptors (Lipinski definition) is 3. The van der Waals surface area contributed by atoms with E-state index in [4.69, 9.17) is 10.5 Å². The quantitative estimate of drug-likeness (QED) is 0.857. The number of rotatable bonds is 4. The maximum atomic E-state index is 5.94. The van der Waals surface area contributed by atoms with Crippen molar-refractivity contribution in [1.82, 2.24) is 4.98 Å². The van der Waals surface area contributed by atoms with Gasteiger partial charge in [0.05, 0.1) is 5.69 Å². The van der Waals surface area contributed by atoms with Crippen molar-refractivity contribution < 1.29 is 4.74 Å². The smallest absolute Gasteiger partial charge is 0.130 e. The minimum Gasteiger partial charge on any atom is -0.487 e. The fraction of sp³-hybridized carbons (Fsp3) is 0.214. The van der Waals surface area contributed by atoms with Crippen molar-refractivity contribution in [1.29, 1.82) is 0 Å². The van der Waals surface area contributed by atoms with Gasteiger partial charge in [-0.15, -0.1) is 0 Å². The molecule has 0 amide bonds. The molecule has 0 saturated heterocycles. The standard InChI is InChI=1S/C14H14Br2N2O/c1-9(17)13-5-3-10(15)6-14(13)19-8-12-4-2-11(16)7-18-12/h2-7,9H,8,17H2,1H3. The Hall–Kier alpha value is -0.910. The number of pyridine rings is 1. The van der Waals surface area contributed by atoms with Crippen molar-refractivity contribution >= 4 is 31.9 Å². The Morgan fingerprint density at radius 2 is 1.95 bits per heavy atom. The maximum Gasteiger partial charge on any atom is 0.130 e. The number of nitrogens with zero attached hydrogens (tertiary/aromatic N) is 1. The second-order valence-electron chi connectivity index (χ2n) is 4.23. The molecule has 1 aromatic carbocycles. The molecule has 1 unspecified atom stereocenters. The highest BCUT2D eigenvalue weighted by atomic mass is 79.9. The van der Waals surface area contributed by atoms with Gasteiger partial charge in [0, 0.05) is 26.7 Å². The average Bonchev–Trinajstić information content (AvgIpc) is 2.38. The van der Waals surface area contributed by atoms with E-state index < -0.39 is 0 Å². The molecule has 2 aromatic rings. The molecule has 19 heavy (non-hydrogen) atoms. The molecule has 0 saturated carbocycles. The number of halogens is 2. The number of benzene rings is 1. The molecule has 1 aromatic heterocycles. The van der Waals surface area contributed by atoms with E-state index in [0.29, 0.717) is 6.61 Å². The van der Waals surface area contributed by atoms with Gasteiger partial charge >= 0.3 is 0 Å². The first kappa shape index (κ1) is 14.5. The van der Waals surface area contributed by atoms with E-state index >= 15 is 0 Å². The third kappa shape index (κ3) is 4.03. The predicted molar refractivity (Wildman–Crippen MR) is 83.0 cm³/mol. The Labute approximate surface area is 129 Å². The summed E-state index contributed by atoms with van der Waals surface area (Å²) in [5.41, 5.74) is 7.80. The second kappa shape index (κ2) is 6.50. The van der Waals surface area contributed by atoms with Crippen LogP contribution in [-0.2, 0) is 6.61 Å². The van der Waals surface area contributed by atoms with Crippen LogP contribution in [0.15, 0.2) is 45.5 Å². The zero-order valence-electron chi connectivity index (χ0n) is 10.4. The van der Waals surface area contributed by atoms with Crippen LogP contribution in [0.4, 0.5) is 0 Å². The summed E-state index contributed by atoms with van der Waals surface area (Å²) in [6.45, 7) is 2.36. The van der Waals surface area contributed by atoms with Crippen molar-refractivity contribution in [2.75, 3.05) is 0 Å². The minimum atomic E-state index is -0.0685. The summed E-state index contributed by atoms with van der Waals surface area (Å²) < 4.78 is 7.74. The molecular weight excluding hydrogens is 372 g/mol. The predicted octanol–water partition coefficient (Wildman–Crippen LogP) is 4.21. The highest BCUT2D eigenvalue weighted by Gasteiger charge is 2.09. The van der Waals surface area contributed by atoms with Gasteiger partial charge in [0.15, 0.2) is 0 Å².